The van der Waals surface area contributed by atoms with Crippen LogP contribution in [0.2, 0.25) is 0 Å². The highest BCUT2D eigenvalue weighted by atomic mass is 79.9. The van der Waals surface area contributed by atoms with E-state index in [0.717, 1.165) is 10.0 Å². The van der Waals surface area contributed by atoms with Crippen LogP contribution in [-0.4, -0.2) is 21.3 Å². The standard InChI is InChI=1S/C20H16BrN5O2/c1-11-8-16(21)12(2)15(18(11)27)10-23-26-20-24-17(13-6-4-3-5-7-13)14(9-22)19(28)25-20/h3-8,10,27H,1-2H3,(H2,24,25,26,28). The zero-order valence-electron chi connectivity index (χ0n) is 15.1. The van der Waals surface area contributed by atoms with Gasteiger partial charge in [-0.1, -0.05) is 46.3 Å². The second-order valence-corrected chi connectivity index (χ2v) is 6.90. The maximum absolute atomic E-state index is 12.2. The molecule has 28 heavy (non-hydrogen) atoms. The van der Waals surface area contributed by atoms with E-state index in [0.29, 0.717) is 16.7 Å². The molecule has 0 unspecified atom stereocenters. The fraction of sp³-hybridized carbons (Fsp3) is 0.100. The van der Waals surface area contributed by atoms with Crippen LogP contribution in [-0.2, 0) is 0 Å². The van der Waals surface area contributed by atoms with Gasteiger partial charge in [-0.3, -0.25) is 9.78 Å². The molecule has 0 amide bonds. The van der Waals surface area contributed by atoms with Gasteiger partial charge in [0.25, 0.3) is 5.56 Å². The topological polar surface area (TPSA) is 114 Å². The first-order chi connectivity index (χ1) is 13.4. The number of benzene rings is 2. The minimum absolute atomic E-state index is 0.0724. The van der Waals surface area contributed by atoms with Crippen molar-refractivity contribution in [1.82, 2.24) is 9.97 Å². The number of rotatable bonds is 4. The van der Waals surface area contributed by atoms with Crippen molar-refractivity contribution in [3.8, 4) is 23.1 Å². The molecular formula is C20H16BrN5O2. The molecule has 1 heterocycles. The summed E-state index contributed by atoms with van der Waals surface area (Å²) in [7, 11) is 0. The number of aryl methyl sites for hydroxylation is 1. The normalized spacial score (nSPS) is 10.8. The van der Waals surface area contributed by atoms with Crippen LogP contribution in [0.15, 0.2) is 50.8 Å². The number of phenols is 1. The van der Waals surface area contributed by atoms with Gasteiger partial charge in [0.05, 0.1) is 11.9 Å². The zero-order chi connectivity index (χ0) is 20.3. The number of aromatic hydroxyl groups is 1. The number of H-pyrrole nitrogens is 1. The maximum Gasteiger partial charge on any atom is 0.270 e. The van der Waals surface area contributed by atoms with Crippen LogP contribution < -0.4 is 11.0 Å². The van der Waals surface area contributed by atoms with Gasteiger partial charge in [-0.15, -0.1) is 0 Å². The monoisotopic (exact) mass is 437 g/mol. The van der Waals surface area contributed by atoms with Crippen molar-refractivity contribution in [2.75, 3.05) is 5.43 Å². The zero-order valence-corrected chi connectivity index (χ0v) is 16.7. The Kier molecular flexibility index (Phi) is 5.57. The second kappa shape index (κ2) is 8.06. The van der Waals surface area contributed by atoms with E-state index in [1.165, 1.54) is 6.21 Å². The average molecular weight is 438 g/mol. The van der Waals surface area contributed by atoms with Gasteiger partial charge < -0.3 is 5.11 Å². The average Bonchev–Trinajstić information content (AvgIpc) is 2.69. The Hall–Kier alpha value is -3.44. The molecule has 3 rings (SSSR count). The van der Waals surface area contributed by atoms with Gasteiger partial charge in [-0.05, 0) is 31.0 Å². The number of hydrogen-bond acceptors (Lipinski definition) is 6. The lowest BCUT2D eigenvalue weighted by atomic mass is 10.0. The van der Waals surface area contributed by atoms with Gasteiger partial charge >= 0.3 is 0 Å². The number of anilines is 1. The van der Waals surface area contributed by atoms with Crippen LogP contribution in [0.25, 0.3) is 11.3 Å². The first kappa shape index (κ1) is 19.3. The van der Waals surface area contributed by atoms with Gasteiger partial charge in [-0.2, -0.15) is 10.4 Å². The molecule has 140 valence electrons. The maximum atomic E-state index is 12.2. The lowest BCUT2D eigenvalue weighted by Gasteiger charge is -2.09. The number of aromatic nitrogens is 2. The third-order valence-corrected chi connectivity index (χ3v) is 5.00. The quantitative estimate of drug-likeness (QED) is 0.423. The molecule has 0 saturated heterocycles. The van der Waals surface area contributed by atoms with E-state index in [1.807, 2.05) is 25.1 Å². The summed E-state index contributed by atoms with van der Waals surface area (Å²) in [6.07, 6.45) is 1.45. The summed E-state index contributed by atoms with van der Waals surface area (Å²) in [5, 5.41) is 23.6. The van der Waals surface area contributed by atoms with Crippen LogP contribution in [0, 0.1) is 25.2 Å². The van der Waals surface area contributed by atoms with E-state index in [9.17, 15) is 15.2 Å². The molecule has 7 nitrogen and oxygen atoms in total. The first-order valence-corrected chi connectivity index (χ1v) is 9.09. The molecule has 0 atom stereocenters. The Morgan fingerprint density at radius 2 is 2.04 bits per heavy atom. The summed E-state index contributed by atoms with van der Waals surface area (Å²) in [5.41, 5.74) is 5.00. The van der Waals surface area contributed by atoms with Crippen LogP contribution >= 0.6 is 15.9 Å². The molecule has 0 saturated carbocycles. The number of nitrogens with zero attached hydrogens (tertiary/aromatic N) is 3. The summed E-state index contributed by atoms with van der Waals surface area (Å²) in [5.74, 6) is 0.209. The molecule has 2 aromatic carbocycles. The van der Waals surface area contributed by atoms with Crippen molar-refractivity contribution in [2.24, 2.45) is 5.10 Å². The van der Waals surface area contributed by atoms with Crippen molar-refractivity contribution in [3.63, 3.8) is 0 Å². The number of nitriles is 1. The van der Waals surface area contributed by atoms with Gasteiger partial charge in [-0.25, -0.2) is 10.4 Å². The fourth-order valence-corrected chi connectivity index (χ4v) is 3.19. The van der Waals surface area contributed by atoms with E-state index in [1.54, 1.807) is 31.2 Å². The van der Waals surface area contributed by atoms with Crippen LogP contribution in [0.3, 0.4) is 0 Å². The highest BCUT2D eigenvalue weighted by Gasteiger charge is 2.13. The number of halogens is 1. The van der Waals surface area contributed by atoms with E-state index in [-0.39, 0.29) is 23.0 Å². The summed E-state index contributed by atoms with van der Waals surface area (Å²) >= 11 is 3.45. The van der Waals surface area contributed by atoms with Crippen molar-refractivity contribution in [2.45, 2.75) is 13.8 Å². The summed E-state index contributed by atoms with van der Waals surface area (Å²) in [6, 6.07) is 12.7. The Labute approximate surface area is 169 Å². The minimum Gasteiger partial charge on any atom is -0.507 e. The van der Waals surface area contributed by atoms with Crippen molar-refractivity contribution < 1.29 is 5.11 Å². The summed E-state index contributed by atoms with van der Waals surface area (Å²) < 4.78 is 0.848. The van der Waals surface area contributed by atoms with Crippen LogP contribution in [0.1, 0.15) is 22.3 Å². The van der Waals surface area contributed by atoms with Crippen LogP contribution in [0.4, 0.5) is 5.95 Å². The predicted molar refractivity (Wildman–Crippen MR) is 112 cm³/mol. The molecule has 0 aliphatic rings. The molecule has 8 heteroatoms. The Bertz CT molecular complexity index is 1140. The molecule has 3 N–H and O–H groups in total. The number of aromatic amines is 1. The predicted octanol–water partition coefficient (Wildman–Crippen LogP) is 3.84. The van der Waals surface area contributed by atoms with Gasteiger partial charge in [0, 0.05) is 15.6 Å². The number of phenolic OH excluding ortho intramolecular Hbond substituents is 1. The summed E-state index contributed by atoms with van der Waals surface area (Å²) in [4.78, 5) is 19.0. The number of hydrazone groups is 1. The largest absolute Gasteiger partial charge is 0.507 e. The molecule has 0 bridgehead atoms. The second-order valence-electron chi connectivity index (χ2n) is 6.05. The molecule has 0 fully saturated rings. The molecule has 0 aliphatic carbocycles. The van der Waals surface area contributed by atoms with Gasteiger partial charge in [0.15, 0.2) is 0 Å². The lowest BCUT2D eigenvalue weighted by Crippen LogP contribution is -2.16. The highest BCUT2D eigenvalue weighted by Crippen LogP contribution is 2.30. The SMILES string of the molecule is Cc1cc(Br)c(C)c(C=NNc2nc(-c3ccccc3)c(C#N)c(=O)[nH]2)c1O. The molecule has 0 spiro atoms. The first-order valence-electron chi connectivity index (χ1n) is 8.30. The van der Waals surface area contributed by atoms with Crippen molar-refractivity contribution >= 4 is 28.1 Å². The smallest absolute Gasteiger partial charge is 0.270 e. The number of hydrogen-bond donors (Lipinski definition) is 3. The molecule has 0 aliphatic heterocycles. The van der Waals surface area contributed by atoms with E-state index >= 15 is 0 Å². The minimum atomic E-state index is -0.564. The summed E-state index contributed by atoms with van der Waals surface area (Å²) in [6.45, 7) is 3.63. The Balaban J connectivity index is 1.97. The molecule has 0 radical (unpaired) electrons. The molecular weight excluding hydrogens is 422 g/mol. The third kappa shape index (κ3) is 3.80. The molecule has 3 aromatic rings. The van der Waals surface area contributed by atoms with E-state index < -0.39 is 5.56 Å². The highest BCUT2D eigenvalue weighted by molar-refractivity contribution is 9.10. The van der Waals surface area contributed by atoms with E-state index in [2.05, 4.69) is 36.4 Å². The Morgan fingerprint density at radius 3 is 2.71 bits per heavy atom. The number of nitrogens with one attached hydrogen (secondary N) is 2. The molecule has 1 aromatic heterocycles. The van der Waals surface area contributed by atoms with Crippen molar-refractivity contribution in [3.05, 3.63) is 73.5 Å². The lowest BCUT2D eigenvalue weighted by molar-refractivity contribution is 0.469. The van der Waals surface area contributed by atoms with Crippen molar-refractivity contribution in [1.29, 1.82) is 5.26 Å². The van der Waals surface area contributed by atoms with Gasteiger partial charge in [0.1, 0.15) is 17.4 Å². The van der Waals surface area contributed by atoms with E-state index in [4.69, 9.17) is 0 Å². The van der Waals surface area contributed by atoms with Gasteiger partial charge in [0.2, 0.25) is 5.95 Å². The fourth-order valence-electron chi connectivity index (χ4n) is 2.64. The Morgan fingerprint density at radius 1 is 1.32 bits per heavy atom. The van der Waals surface area contributed by atoms with Crippen LogP contribution in [0.5, 0.6) is 5.75 Å². The third-order valence-electron chi connectivity index (χ3n) is 4.18.